The Hall–Kier alpha value is -1.76. The fourth-order valence-electron chi connectivity index (χ4n) is 1.17. The molecule has 0 spiro atoms. The van der Waals surface area contributed by atoms with Crippen molar-refractivity contribution in [3.63, 3.8) is 0 Å². The number of aromatic nitrogens is 3. The van der Waals surface area contributed by atoms with Gasteiger partial charge in [-0.25, -0.2) is 4.98 Å². The van der Waals surface area contributed by atoms with Gasteiger partial charge in [0.25, 0.3) is 0 Å². The number of nitrogens with one attached hydrogen (secondary N) is 1. The van der Waals surface area contributed by atoms with E-state index in [1.54, 1.807) is 0 Å². The van der Waals surface area contributed by atoms with Gasteiger partial charge in [0, 0.05) is 13.7 Å². The van der Waals surface area contributed by atoms with Crippen LogP contribution in [0.3, 0.4) is 0 Å². The fourth-order valence-corrected chi connectivity index (χ4v) is 1.17. The number of ether oxygens (including phenoxy) is 1. The van der Waals surface area contributed by atoms with Crippen LogP contribution in [-0.2, 0) is 9.53 Å². The molecule has 0 aliphatic carbocycles. The van der Waals surface area contributed by atoms with E-state index in [1.807, 2.05) is 13.8 Å². The van der Waals surface area contributed by atoms with Crippen LogP contribution in [0.1, 0.15) is 17.8 Å². The standard InChI is InChI=1S/C10H16N4O3/c1-6-7(2)13-14-10(12-6)11-5-8(17-3)4-9(15)16/h8H,4-5H2,1-3H3,(H,15,16)(H,11,12,14). The minimum Gasteiger partial charge on any atom is -0.481 e. The van der Waals surface area contributed by atoms with Crippen LogP contribution in [0, 0.1) is 13.8 Å². The molecule has 17 heavy (non-hydrogen) atoms. The Morgan fingerprint density at radius 3 is 2.65 bits per heavy atom. The van der Waals surface area contributed by atoms with Crippen LogP contribution in [0.25, 0.3) is 0 Å². The Bertz CT molecular complexity index is 397. The molecule has 1 atom stereocenters. The van der Waals surface area contributed by atoms with Gasteiger partial charge in [-0.05, 0) is 13.8 Å². The Morgan fingerprint density at radius 1 is 1.41 bits per heavy atom. The van der Waals surface area contributed by atoms with Crippen molar-refractivity contribution in [2.24, 2.45) is 0 Å². The molecule has 0 aromatic carbocycles. The van der Waals surface area contributed by atoms with Crippen molar-refractivity contribution in [3.8, 4) is 0 Å². The number of anilines is 1. The number of nitrogens with zero attached hydrogens (tertiary/aromatic N) is 3. The summed E-state index contributed by atoms with van der Waals surface area (Å²) in [5.41, 5.74) is 1.55. The van der Waals surface area contributed by atoms with Crippen LogP contribution >= 0.6 is 0 Å². The highest BCUT2D eigenvalue weighted by Gasteiger charge is 2.12. The number of carboxylic acids is 1. The second-order valence-corrected chi connectivity index (χ2v) is 3.64. The van der Waals surface area contributed by atoms with Gasteiger partial charge in [0.15, 0.2) is 0 Å². The minimum atomic E-state index is -0.905. The summed E-state index contributed by atoms with van der Waals surface area (Å²) in [5.74, 6) is -0.529. The molecule has 1 unspecified atom stereocenters. The first-order valence-electron chi connectivity index (χ1n) is 5.19. The average Bonchev–Trinajstić information content (AvgIpc) is 2.28. The zero-order valence-corrected chi connectivity index (χ0v) is 10.1. The Kier molecular flexibility index (Phi) is 4.77. The summed E-state index contributed by atoms with van der Waals surface area (Å²) in [6.45, 7) is 3.98. The second-order valence-electron chi connectivity index (χ2n) is 3.64. The van der Waals surface area contributed by atoms with E-state index in [0.29, 0.717) is 12.5 Å². The zero-order valence-electron chi connectivity index (χ0n) is 10.1. The highest BCUT2D eigenvalue weighted by atomic mass is 16.5. The van der Waals surface area contributed by atoms with Crippen molar-refractivity contribution in [2.45, 2.75) is 26.4 Å². The number of methoxy groups -OCH3 is 1. The first-order chi connectivity index (χ1) is 8.02. The van der Waals surface area contributed by atoms with E-state index in [2.05, 4.69) is 20.5 Å². The lowest BCUT2D eigenvalue weighted by atomic mass is 10.2. The van der Waals surface area contributed by atoms with Gasteiger partial charge in [-0.1, -0.05) is 0 Å². The summed E-state index contributed by atoms with van der Waals surface area (Å²) < 4.78 is 5.02. The number of carboxylic acid groups (broad SMARTS) is 1. The van der Waals surface area contributed by atoms with Crippen molar-refractivity contribution in [1.82, 2.24) is 15.2 Å². The molecule has 1 aromatic heterocycles. The number of carbonyl (C=O) groups is 1. The van der Waals surface area contributed by atoms with Crippen molar-refractivity contribution < 1.29 is 14.6 Å². The first-order valence-corrected chi connectivity index (χ1v) is 5.19. The molecule has 0 aliphatic rings. The molecule has 0 saturated carbocycles. The third-order valence-corrected chi connectivity index (χ3v) is 2.32. The van der Waals surface area contributed by atoms with Crippen LogP contribution in [0.4, 0.5) is 5.95 Å². The number of hydrogen-bond donors (Lipinski definition) is 2. The van der Waals surface area contributed by atoms with Crippen LogP contribution in [0.15, 0.2) is 0 Å². The molecule has 94 valence electrons. The third kappa shape index (κ3) is 4.31. The van der Waals surface area contributed by atoms with E-state index in [-0.39, 0.29) is 6.42 Å². The molecule has 2 N–H and O–H groups in total. The summed E-state index contributed by atoms with van der Waals surface area (Å²) >= 11 is 0. The van der Waals surface area contributed by atoms with Gasteiger partial charge in [0.05, 0.1) is 23.9 Å². The number of hydrogen-bond acceptors (Lipinski definition) is 6. The summed E-state index contributed by atoms with van der Waals surface area (Å²) in [6.07, 6.45) is -0.486. The number of aliphatic carboxylic acids is 1. The Morgan fingerprint density at radius 2 is 2.12 bits per heavy atom. The highest BCUT2D eigenvalue weighted by Crippen LogP contribution is 2.03. The van der Waals surface area contributed by atoms with Crippen LogP contribution in [0.2, 0.25) is 0 Å². The van der Waals surface area contributed by atoms with Gasteiger partial charge in [-0.15, -0.1) is 5.10 Å². The quantitative estimate of drug-likeness (QED) is 0.742. The highest BCUT2D eigenvalue weighted by molar-refractivity contribution is 5.67. The molecule has 0 bridgehead atoms. The first kappa shape index (κ1) is 13.3. The molecule has 0 saturated heterocycles. The van der Waals surface area contributed by atoms with Gasteiger partial charge in [-0.2, -0.15) is 5.10 Å². The van der Waals surface area contributed by atoms with Gasteiger partial charge >= 0.3 is 5.97 Å². The topological polar surface area (TPSA) is 97.2 Å². The normalized spacial score (nSPS) is 12.2. The van der Waals surface area contributed by atoms with E-state index < -0.39 is 12.1 Å². The summed E-state index contributed by atoms with van der Waals surface area (Å²) in [5, 5.41) is 19.3. The van der Waals surface area contributed by atoms with Crippen LogP contribution in [0.5, 0.6) is 0 Å². The van der Waals surface area contributed by atoms with Crippen LogP contribution in [-0.4, -0.2) is 46.0 Å². The van der Waals surface area contributed by atoms with E-state index >= 15 is 0 Å². The minimum absolute atomic E-state index is 0.0677. The number of aryl methyl sites for hydroxylation is 2. The van der Waals surface area contributed by atoms with E-state index in [4.69, 9.17) is 9.84 Å². The lowest BCUT2D eigenvalue weighted by molar-refractivity contribution is -0.139. The smallest absolute Gasteiger partial charge is 0.306 e. The van der Waals surface area contributed by atoms with Crippen LogP contribution < -0.4 is 5.32 Å². The Balaban J connectivity index is 2.53. The molecule has 1 heterocycles. The van der Waals surface area contributed by atoms with E-state index in [1.165, 1.54) is 7.11 Å². The zero-order chi connectivity index (χ0) is 12.8. The van der Waals surface area contributed by atoms with Gasteiger partial charge < -0.3 is 15.2 Å². The van der Waals surface area contributed by atoms with Gasteiger partial charge in [-0.3, -0.25) is 4.79 Å². The molecule has 0 amide bonds. The monoisotopic (exact) mass is 240 g/mol. The Labute approximate surface area is 99.2 Å². The average molecular weight is 240 g/mol. The molecule has 1 rings (SSSR count). The fraction of sp³-hybridized carbons (Fsp3) is 0.600. The van der Waals surface area contributed by atoms with Crippen molar-refractivity contribution >= 4 is 11.9 Å². The van der Waals surface area contributed by atoms with Gasteiger partial charge in [0.1, 0.15) is 0 Å². The lowest BCUT2D eigenvalue weighted by Gasteiger charge is -2.13. The van der Waals surface area contributed by atoms with Gasteiger partial charge in [0.2, 0.25) is 5.95 Å². The summed E-state index contributed by atoms with van der Waals surface area (Å²) in [7, 11) is 1.47. The molecular formula is C10H16N4O3. The van der Waals surface area contributed by atoms with Crippen molar-refractivity contribution in [3.05, 3.63) is 11.4 Å². The maximum atomic E-state index is 10.5. The number of rotatable bonds is 6. The van der Waals surface area contributed by atoms with E-state index in [0.717, 1.165) is 11.4 Å². The molecule has 0 aliphatic heterocycles. The molecule has 0 radical (unpaired) electrons. The molecular weight excluding hydrogens is 224 g/mol. The van der Waals surface area contributed by atoms with Crippen molar-refractivity contribution in [1.29, 1.82) is 0 Å². The van der Waals surface area contributed by atoms with Crippen molar-refractivity contribution in [2.75, 3.05) is 19.0 Å². The second kappa shape index (κ2) is 6.09. The largest absolute Gasteiger partial charge is 0.481 e. The predicted molar refractivity (Wildman–Crippen MR) is 60.8 cm³/mol. The predicted octanol–water partition coefficient (Wildman–Crippen LogP) is 0.390. The maximum absolute atomic E-state index is 10.5. The summed E-state index contributed by atoms with van der Waals surface area (Å²) in [6, 6.07) is 0. The molecule has 7 nitrogen and oxygen atoms in total. The maximum Gasteiger partial charge on any atom is 0.306 e. The lowest BCUT2D eigenvalue weighted by Crippen LogP contribution is -2.26. The SMILES string of the molecule is COC(CNc1nnc(C)c(C)n1)CC(=O)O. The summed E-state index contributed by atoms with van der Waals surface area (Å²) in [4.78, 5) is 14.7. The molecule has 0 fully saturated rings. The molecule has 7 heteroatoms. The molecule has 1 aromatic rings. The van der Waals surface area contributed by atoms with E-state index in [9.17, 15) is 4.79 Å². The third-order valence-electron chi connectivity index (χ3n) is 2.32.